The van der Waals surface area contributed by atoms with Crippen LogP contribution in [-0.4, -0.2) is 50.1 Å². The van der Waals surface area contributed by atoms with Gasteiger partial charge >= 0.3 is 0 Å². The lowest BCUT2D eigenvalue weighted by Crippen LogP contribution is -2.55. The summed E-state index contributed by atoms with van der Waals surface area (Å²) in [7, 11) is 9.19. The fourth-order valence-corrected chi connectivity index (χ4v) is 8.90. The largest absolute Gasteiger partial charge is 0.306 e. The van der Waals surface area contributed by atoms with E-state index < -0.39 is 0 Å². The van der Waals surface area contributed by atoms with Crippen LogP contribution in [0, 0.1) is 40.4 Å². The lowest BCUT2D eigenvalue weighted by Gasteiger charge is -2.62. The molecule has 0 spiro atoms. The quantitative estimate of drug-likeness (QED) is 0.641. The maximum atomic E-state index is 2.72. The van der Waals surface area contributed by atoms with Gasteiger partial charge in [0.1, 0.15) is 0 Å². The smallest absolute Gasteiger partial charge is 0.00944 e. The van der Waals surface area contributed by atoms with E-state index in [9.17, 15) is 0 Å². The van der Waals surface area contributed by atoms with E-state index in [1.54, 1.807) is 0 Å². The van der Waals surface area contributed by atoms with Crippen LogP contribution in [0.4, 0.5) is 0 Å². The number of fused-ring (bicyclic) bond motifs is 5. The van der Waals surface area contributed by atoms with E-state index in [4.69, 9.17) is 0 Å². The summed E-state index contributed by atoms with van der Waals surface area (Å²) in [4.78, 5) is 5.00. The molecule has 4 fully saturated rings. The fourth-order valence-electron chi connectivity index (χ4n) is 8.90. The van der Waals surface area contributed by atoms with E-state index in [-0.39, 0.29) is 0 Å². The fraction of sp³-hybridized carbons (Fsp3) is 1.00. The molecule has 9 atom stereocenters. The average molecular weight is 375 g/mol. The summed E-state index contributed by atoms with van der Waals surface area (Å²) in [6.45, 7) is 7.91. The second-order valence-electron chi connectivity index (χ2n) is 12.0. The Bertz CT molecular complexity index is 542. The molecule has 2 nitrogen and oxygen atoms in total. The average Bonchev–Trinajstić information content (AvgIpc) is 2.97. The summed E-state index contributed by atoms with van der Waals surface area (Å²) in [5.41, 5.74) is 1.25. The van der Waals surface area contributed by atoms with Crippen molar-refractivity contribution in [3.05, 3.63) is 0 Å². The third kappa shape index (κ3) is 3.03. The molecule has 0 heterocycles. The normalized spacial score (nSPS) is 51.0. The van der Waals surface area contributed by atoms with Crippen molar-refractivity contribution in [3.8, 4) is 0 Å². The maximum Gasteiger partial charge on any atom is 0.00944 e. The van der Waals surface area contributed by atoms with Gasteiger partial charge in [-0.2, -0.15) is 0 Å². The molecule has 0 radical (unpaired) electrons. The monoisotopic (exact) mass is 374 g/mol. The van der Waals surface area contributed by atoms with Crippen molar-refractivity contribution in [3.63, 3.8) is 0 Å². The van der Waals surface area contributed by atoms with Crippen LogP contribution in [0.25, 0.3) is 0 Å². The molecule has 27 heavy (non-hydrogen) atoms. The van der Waals surface area contributed by atoms with Crippen LogP contribution >= 0.6 is 0 Å². The zero-order chi connectivity index (χ0) is 19.6. The van der Waals surface area contributed by atoms with E-state index in [1.165, 1.54) is 57.8 Å². The van der Waals surface area contributed by atoms with Gasteiger partial charge in [0.25, 0.3) is 0 Å². The SMILES string of the molecule is CC([C@H]1CC[C@H]2[C@@H]3CC[C@H]4C[C@@H](N(C)C)CC[C@]4(C)[C@H]3CC[C@]12C)N(C)C. The number of hydrogen-bond acceptors (Lipinski definition) is 2. The first-order chi connectivity index (χ1) is 12.7. The van der Waals surface area contributed by atoms with Gasteiger partial charge < -0.3 is 9.80 Å². The van der Waals surface area contributed by atoms with Crippen LogP contribution in [0.3, 0.4) is 0 Å². The van der Waals surface area contributed by atoms with Crippen molar-refractivity contribution >= 4 is 0 Å². The van der Waals surface area contributed by atoms with Crippen LogP contribution < -0.4 is 0 Å². The minimum atomic E-state index is 0.606. The van der Waals surface area contributed by atoms with Gasteiger partial charge in [-0.25, -0.2) is 0 Å². The number of nitrogens with zero attached hydrogens (tertiary/aromatic N) is 2. The Hall–Kier alpha value is -0.0800. The van der Waals surface area contributed by atoms with Gasteiger partial charge in [-0.1, -0.05) is 13.8 Å². The van der Waals surface area contributed by atoms with Crippen LogP contribution in [-0.2, 0) is 0 Å². The van der Waals surface area contributed by atoms with Gasteiger partial charge in [0.05, 0.1) is 0 Å². The van der Waals surface area contributed by atoms with Crippen molar-refractivity contribution in [2.75, 3.05) is 28.2 Å². The van der Waals surface area contributed by atoms with Gasteiger partial charge in [0.15, 0.2) is 0 Å². The molecule has 0 bridgehead atoms. The lowest BCUT2D eigenvalue weighted by molar-refractivity contribution is -0.122. The van der Waals surface area contributed by atoms with Crippen LogP contribution in [0.5, 0.6) is 0 Å². The predicted molar refractivity (Wildman–Crippen MR) is 116 cm³/mol. The molecule has 0 aromatic heterocycles. The van der Waals surface area contributed by atoms with Crippen LogP contribution in [0.2, 0.25) is 0 Å². The van der Waals surface area contributed by atoms with Crippen molar-refractivity contribution < 1.29 is 0 Å². The molecule has 1 unspecified atom stereocenters. The first kappa shape index (κ1) is 20.2. The molecule has 0 N–H and O–H groups in total. The molecule has 0 aromatic rings. The van der Waals surface area contributed by atoms with Crippen molar-refractivity contribution in [2.45, 2.75) is 90.6 Å². The van der Waals surface area contributed by atoms with Crippen molar-refractivity contribution in [1.82, 2.24) is 9.80 Å². The minimum absolute atomic E-state index is 0.606. The molecule has 0 saturated heterocycles. The van der Waals surface area contributed by atoms with Gasteiger partial charge in [-0.05, 0) is 133 Å². The molecule has 4 aliphatic rings. The van der Waals surface area contributed by atoms with E-state index >= 15 is 0 Å². The first-order valence-electron chi connectivity index (χ1n) is 12.0. The summed E-state index contributed by atoms with van der Waals surface area (Å²) >= 11 is 0. The summed E-state index contributed by atoms with van der Waals surface area (Å²) < 4.78 is 0. The topological polar surface area (TPSA) is 6.48 Å². The lowest BCUT2D eigenvalue weighted by atomic mass is 9.44. The summed E-state index contributed by atoms with van der Waals surface area (Å²) in [6.07, 6.45) is 13.5. The summed E-state index contributed by atoms with van der Waals surface area (Å²) in [6, 6.07) is 1.57. The second-order valence-corrected chi connectivity index (χ2v) is 12.0. The molecule has 0 aromatic carbocycles. The molecule has 4 rings (SSSR count). The Balaban J connectivity index is 1.54. The molecule has 4 saturated carbocycles. The molecule has 4 aliphatic carbocycles. The van der Waals surface area contributed by atoms with E-state index in [2.05, 4.69) is 58.8 Å². The highest BCUT2D eigenvalue weighted by Gasteiger charge is 2.60. The zero-order valence-electron chi connectivity index (χ0n) is 19.3. The number of hydrogen-bond donors (Lipinski definition) is 0. The highest BCUT2D eigenvalue weighted by atomic mass is 15.1. The Morgan fingerprint density at radius 3 is 2.11 bits per heavy atom. The zero-order valence-corrected chi connectivity index (χ0v) is 19.3. The van der Waals surface area contributed by atoms with Crippen LogP contribution in [0.1, 0.15) is 78.6 Å². The molecule has 0 aliphatic heterocycles. The third-order valence-electron chi connectivity index (χ3n) is 10.8. The predicted octanol–water partition coefficient (Wildman–Crippen LogP) is 5.53. The molecule has 0 amide bonds. The van der Waals surface area contributed by atoms with Crippen LogP contribution in [0.15, 0.2) is 0 Å². The Kier molecular flexibility index (Phi) is 5.25. The standard InChI is InChI=1S/C25H46N2/c1-17(26(4)5)21-10-11-22-20-9-8-18-16-19(27(6)7)12-14-24(18,2)23(20)13-15-25(21,22)3/h17-23H,8-16H2,1-7H3/t17?,18-,19-,20-,21+,22-,23-,24-,25+/m0/s1. The first-order valence-corrected chi connectivity index (χ1v) is 12.0. The van der Waals surface area contributed by atoms with E-state index in [1.807, 2.05) is 0 Å². The summed E-state index contributed by atoms with van der Waals surface area (Å²) in [5.74, 6) is 4.95. The van der Waals surface area contributed by atoms with Crippen molar-refractivity contribution in [1.29, 1.82) is 0 Å². The number of rotatable bonds is 3. The minimum Gasteiger partial charge on any atom is -0.306 e. The molecular formula is C25H46N2. The molecule has 156 valence electrons. The molecular weight excluding hydrogens is 328 g/mol. The second kappa shape index (κ2) is 7.01. The van der Waals surface area contributed by atoms with Gasteiger partial charge in [0.2, 0.25) is 0 Å². The highest BCUT2D eigenvalue weighted by molar-refractivity contribution is 5.10. The van der Waals surface area contributed by atoms with E-state index in [0.29, 0.717) is 10.8 Å². The molecule has 2 heteroatoms. The van der Waals surface area contributed by atoms with E-state index in [0.717, 1.165) is 41.7 Å². The van der Waals surface area contributed by atoms with Crippen molar-refractivity contribution in [2.24, 2.45) is 40.4 Å². The maximum absolute atomic E-state index is 2.72. The highest BCUT2D eigenvalue weighted by Crippen LogP contribution is 2.68. The van der Waals surface area contributed by atoms with Gasteiger partial charge in [0, 0.05) is 12.1 Å². The van der Waals surface area contributed by atoms with Gasteiger partial charge in [-0.3, -0.25) is 0 Å². The Morgan fingerprint density at radius 1 is 0.778 bits per heavy atom. The summed E-state index contributed by atoms with van der Waals surface area (Å²) in [5, 5.41) is 0. The Labute approximate surface area is 169 Å². The third-order valence-corrected chi connectivity index (χ3v) is 10.8. The Morgan fingerprint density at radius 2 is 1.44 bits per heavy atom. The van der Waals surface area contributed by atoms with Gasteiger partial charge in [-0.15, -0.1) is 0 Å².